The Labute approximate surface area is 100 Å². The molecule has 0 saturated heterocycles. The second kappa shape index (κ2) is 3.91. The smallest absolute Gasteiger partial charge is 0.0213 e. The highest BCUT2D eigenvalue weighted by Gasteiger charge is 2.50. The van der Waals surface area contributed by atoms with E-state index in [-0.39, 0.29) is 11.5 Å². The molecule has 2 heteroatoms. The molecule has 82 valence electrons. The Kier molecular flexibility index (Phi) is 2.91. The number of hydrogen-bond acceptors (Lipinski definition) is 1. The van der Waals surface area contributed by atoms with Crippen molar-refractivity contribution in [1.82, 2.24) is 0 Å². The van der Waals surface area contributed by atoms with E-state index in [1.54, 1.807) is 0 Å². The van der Waals surface area contributed by atoms with E-state index < -0.39 is 0 Å². The zero-order valence-corrected chi connectivity index (χ0v) is 10.9. The first-order valence-corrected chi connectivity index (χ1v) is 6.38. The van der Waals surface area contributed by atoms with Crippen LogP contribution in [0.2, 0.25) is 0 Å². The van der Waals surface area contributed by atoms with Gasteiger partial charge in [-0.1, -0.05) is 48.0 Å². The third-order valence-electron chi connectivity index (χ3n) is 3.56. The van der Waals surface area contributed by atoms with Gasteiger partial charge in [0.2, 0.25) is 0 Å². The van der Waals surface area contributed by atoms with Crippen molar-refractivity contribution in [3.63, 3.8) is 0 Å². The summed E-state index contributed by atoms with van der Waals surface area (Å²) < 4.78 is 1.21. The molecule has 0 radical (unpaired) electrons. The largest absolute Gasteiger partial charge is 0.327 e. The van der Waals surface area contributed by atoms with Crippen LogP contribution >= 0.6 is 15.9 Å². The Morgan fingerprint density at radius 3 is 2.33 bits per heavy atom. The number of hydrogen-bond donors (Lipinski definition) is 1. The fourth-order valence-corrected chi connectivity index (χ4v) is 3.10. The van der Waals surface area contributed by atoms with E-state index in [2.05, 4.69) is 54.0 Å². The summed E-state index contributed by atoms with van der Waals surface area (Å²) in [5, 5.41) is 0. The van der Waals surface area contributed by atoms with Gasteiger partial charge in [0.1, 0.15) is 0 Å². The van der Waals surface area contributed by atoms with E-state index in [0.717, 1.165) is 0 Å². The van der Waals surface area contributed by atoms with Gasteiger partial charge in [0.25, 0.3) is 0 Å². The van der Waals surface area contributed by atoms with E-state index in [4.69, 9.17) is 5.73 Å². The van der Waals surface area contributed by atoms with Crippen molar-refractivity contribution in [3.05, 3.63) is 34.3 Å². The van der Waals surface area contributed by atoms with E-state index in [0.29, 0.717) is 5.92 Å². The highest BCUT2D eigenvalue weighted by molar-refractivity contribution is 9.10. The highest BCUT2D eigenvalue weighted by Crippen LogP contribution is 2.53. The molecule has 1 nitrogen and oxygen atoms in total. The van der Waals surface area contributed by atoms with Crippen LogP contribution in [-0.4, -0.2) is 6.04 Å². The van der Waals surface area contributed by atoms with Crippen LogP contribution in [0.4, 0.5) is 0 Å². The van der Waals surface area contributed by atoms with Crippen LogP contribution in [-0.2, 0) is 5.41 Å². The Hall–Kier alpha value is -0.340. The van der Waals surface area contributed by atoms with Crippen LogP contribution in [0.5, 0.6) is 0 Å². The first-order valence-electron chi connectivity index (χ1n) is 5.58. The molecule has 0 heterocycles. The first kappa shape index (κ1) is 11.2. The molecule has 0 amide bonds. The lowest BCUT2D eigenvalue weighted by molar-refractivity contribution is 0.400. The summed E-state index contributed by atoms with van der Waals surface area (Å²) in [4.78, 5) is 0. The van der Waals surface area contributed by atoms with Crippen molar-refractivity contribution in [2.24, 2.45) is 11.7 Å². The predicted octanol–water partition coefficient (Wildman–Crippen LogP) is 3.46. The molecular weight excluding hydrogens is 250 g/mol. The van der Waals surface area contributed by atoms with Gasteiger partial charge in [0.15, 0.2) is 0 Å². The van der Waals surface area contributed by atoms with Crippen LogP contribution in [0.15, 0.2) is 28.7 Å². The third-order valence-corrected chi connectivity index (χ3v) is 4.25. The summed E-state index contributed by atoms with van der Waals surface area (Å²) in [7, 11) is 0. The monoisotopic (exact) mass is 267 g/mol. The van der Waals surface area contributed by atoms with E-state index in [1.807, 2.05) is 0 Å². The minimum atomic E-state index is 0.244. The predicted molar refractivity (Wildman–Crippen MR) is 67.9 cm³/mol. The zero-order chi connectivity index (χ0) is 11.1. The molecular formula is C13H18BrN. The summed E-state index contributed by atoms with van der Waals surface area (Å²) in [6.45, 7) is 4.42. The van der Waals surface area contributed by atoms with Crippen LogP contribution in [0.1, 0.15) is 32.3 Å². The van der Waals surface area contributed by atoms with Crippen molar-refractivity contribution in [1.29, 1.82) is 0 Å². The van der Waals surface area contributed by atoms with Crippen molar-refractivity contribution < 1.29 is 0 Å². The van der Waals surface area contributed by atoms with Crippen LogP contribution < -0.4 is 5.73 Å². The molecule has 1 aromatic carbocycles. The van der Waals surface area contributed by atoms with E-state index in [9.17, 15) is 0 Å². The first-order chi connectivity index (χ1) is 7.08. The van der Waals surface area contributed by atoms with Crippen LogP contribution in [0.3, 0.4) is 0 Å². The maximum Gasteiger partial charge on any atom is 0.0213 e. The fourth-order valence-electron chi connectivity index (χ4n) is 2.42. The van der Waals surface area contributed by atoms with Gasteiger partial charge in [-0.15, -0.1) is 0 Å². The second-order valence-electron chi connectivity index (χ2n) is 4.91. The quantitative estimate of drug-likeness (QED) is 0.892. The van der Waals surface area contributed by atoms with Gasteiger partial charge in [0, 0.05) is 15.9 Å². The fraction of sp³-hybridized carbons (Fsp3) is 0.538. The summed E-state index contributed by atoms with van der Waals surface area (Å²) in [5.41, 5.74) is 7.98. The highest BCUT2D eigenvalue weighted by atomic mass is 79.9. The van der Waals surface area contributed by atoms with Crippen molar-refractivity contribution in [3.8, 4) is 0 Å². The molecule has 2 N–H and O–H groups in total. The maximum atomic E-state index is 6.34. The Bertz CT molecular complexity index is 355. The number of rotatable bonds is 3. The number of benzene rings is 1. The maximum absolute atomic E-state index is 6.34. The third kappa shape index (κ3) is 1.85. The molecule has 1 unspecified atom stereocenters. The summed E-state index contributed by atoms with van der Waals surface area (Å²) >= 11 is 3.63. The lowest BCUT2D eigenvalue weighted by Crippen LogP contribution is -2.39. The second-order valence-corrected chi connectivity index (χ2v) is 5.76. The molecule has 1 aliphatic carbocycles. The van der Waals surface area contributed by atoms with Gasteiger partial charge in [0.05, 0.1) is 0 Å². The van der Waals surface area contributed by atoms with Gasteiger partial charge < -0.3 is 5.73 Å². The normalized spacial score (nSPS) is 20.3. The lowest BCUT2D eigenvalue weighted by Gasteiger charge is -2.28. The Morgan fingerprint density at radius 2 is 1.87 bits per heavy atom. The minimum absolute atomic E-state index is 0.244. The topological polar surface area (TPSA) is 26.0 Å². The summed E-state index contributed by atoms with van der Waals surface area (Å²) in [5.74, 6) is 0.541. The molecule has 1 saturated carbocycles. The Morgan fingerprint density at radius 1 is 1.27 bits per heavy atom. The van der Waals surface area contributed by atoms with Gasteiger partial charge in [-0.25, -0.2) is 0 Å². The average molecular weight is 268 g/mol. The van der Waals surface area contributed by atoms with Gasteiger partial charge >= 0.3 is 0 Å². The van der Waals surface area contributed by atoms with Gasteiger partial charge in [-0.05, 0) is 30.4 Å². The molecule has 1 fully saturated rings. The molecule has 1 aliphatic rings. The Balaban J connectivity index is 2.35. The van der Waals surface area contributed by atoms with Crippen molar-refractivity contribution in [2.75, 3.05) is 0 Å². The zero-order valence-electron chi connectivity index (χ0n) is 9.33. The molecule has 0 aromatic heterocycles. The molecule has 0 bridgehead atoms. The number of halogens is 1. The van der Waals surface area contributed by atoms with Crippen LogP contribution in [0, 0.1) is 5.92 Å². The standard InChI is InChI=1S/C13H18BrN/c1-9(2)12(15)13(7-8-13)10-5-3-4-6-11(10)14/h3-6,9,12H,7-8,15H2,1-2H3. The van der Waals surface area contributed by atoms with Gasteiger partial charge in [-0.2, -0.15) is 0 Å². The molecule has 1 aromatic rings. The van der Waals surface area contributed by atoms with E-state index >= 15 is 0 Å². The van der Waals surface area contributed by atoms with Crippen LogP contribution in [0.25, 0.3) is 0 Å². The van der Waals surface area contributed by atoms with Crippen molar-refractivity contribution >= 4 is 15.9 Å². The molecule has 0 spiro atoms. The molecule has 2 rings (SSSR count). The molecule has 15 heavy (non-hydrogen) atoms. The average Bonchev–Trinajstić information content (AvgIpc) is 2.98. The molecule has 0 aliphatic heterocycles. The number of nitrogens with two attached hydrogens (primary N) is 1. The van der Waals surface area contributed by atoms with E-state index in [1.165, 1.54) is 22.9 Å². The minimum Gasteiger partial charge on any atom is -0.327 e. The summed E-state index contributed by atoms with van der Waals surface area (Å²) in [6, 6.07) is 8.76. The SMILES string of the molecule is CC(C)C(N)C1(c2ccccc2Br)CC1. The lowest BCUT2D eigenvalue weighted by atomic mass is 9.82. The summed E-state index contributed by atoms with van der Waals surface area (Å²) in [6.07, 6.45) is 2.46. The molecule has 1 atom stereocenters. The van der Waals surface area contributed by atoms with Crippen molar-refractivity contribution in [2.45, 2.75) is 38.1 Å². The van der Waals surface area contributed by atoms with Gasteiger partial charge in [-0.3, -0.25) is 0 Å².